The lowest BCUT2D eigenvalue weighted by Gasteiger charge is -2.35. The van der Waals surface area contributed by atoms with E-state index in [2.05, 4.69) is 49.5 Å². The molecule has 472 valence electrons. The number of carbonyl (C=O) groups is 10. The molecule has 1 fully saturated rings. The molecular weight excluding hydrogens is 1050 g/mol. The maximum Gasteiger partial charge on any atom is 0.246 e. The van der Waals surface area contributed by atoms with Crippen LogP contribution in [0.1, 0.15) is 208 Å². The third kappa shape index (κ3) is 24.9. The first kappa shape index (κ1) is 74.8. The summed E-state index contributed by atoms with van der Waals surface area (Å²) < 4.78 is 0. The van der Waals surface area contributed by atoms with Crippen LogP contribution in [0.3, 0.4) is 0 Å². The van der Waals surface area contributed by atoms with Crippen LogP contribution in [0.15, 0.2) is 0 Å². The number of nitrogens with one attached hydrogen (secondary N) is 8. The van der Waals surface area contributed by atoms with Crippen LogP contribution in [0.5, 0.6) is 0 Å². The normalized spacial score (nSPS) is 17.0. The molecule has 10 N–H and O–H groups in total. The minimum atomic E-state index is -1.70. The summed E-state index contributed by atoms with van der Waals surface area (Å²) >= 11 is 0. The molecule has 9 amide bonds. The van der Waals surface area contributed by atoms with Gasteiger partial charge in [0.1, 0.15) is 52.1 Å². The number of aliphatic hydroxyl groups excluding tert-OH is 2. The van der Waals surface area contributed by atoms with Gasteiger partial charge in [-0.3, -0.25) is 47.9 Å². The van der Waals surface area contributed by atoms with Crippen molar-refractivity contribution < 1.29 is 58.2 Å². The lowest BCUT2D eigenvalue weighted by molar-refractivity contribution is -0.142. The Labute approximate surface area is 490 Å². The number of hydrogen-bond acceptors (Lipinski definition) is 13. The molecule has 0 aromatic rings. The van der Waals surface area contributed by atoms with Gasteiger partial charge in [-0.05, 0) is 119 Å². The highest BCUT2D eigenvalue weighted by atomic mass is 16.3. The summed E-state index contributed by atoms with van der Waals surface area (Å²) in [6.45, 7) is 29.2. The standard InChI is InChI=1S/C60H110N10O12/c1-19-22-23-24-25-26-28-40(8)52(78)70-30-27-29-45(70)49(75)62-44(34-38(6)33-43(73)35-42(72)21-3)48(74)65-59(14,15)55(81)68-58(12,13)54(80)64-47(39(7)20-2)50(76)63-46(37(4)5)51(77)66-60(16,17)56(82)67-57(10,11)53(79)61-41(9)36-69(18)31-32-71/h37-41,43-47,71,73H,19-36H2,1-18H3,(H,61,79)(H,62,75)(H,63,76)(H,64,80)(H,65,74)(H,66,77)(H,67,82)(H,68,81)/t38-,39-,40+,41-,43-,44-,45-,46-,47-/m0/s1. The molecule has 0 aromatic heterocycles. The Bertz CT molecular complexity index is 2130. The molecule has 0 unspecified atom stereocenters. The van der Waals surface area contributed by atoms with E-state index in [-0.39, 0.29) is 55.9 Å². The molecule has 0 radical (unpaired) electrons. The molecule has 22 heteroatoms. The molecule has 82 heavy (non-hydrogen) atoms. The van der Waals surface area contributed by atoms with Crippen molar-refractivity contribution in [3.05, 3.63) is 0 Å². The quantitative estimate of drug-likeness (QED) is 0.0395. The zero-order valence-electron chi connectivity index (χ0n) is 53.4. The fourth-order valence-electron chi connectivity index (χ4n) is 9.76. The van der Waals surface area contributed by atoms with Crippen molar-refractivity contribution in [2.75, 3.05) is 33.3 Å². The van der Waals surface area contributed by atoms with Crippen molar-refractivity contribution in [3.63, 3.8) is 0 Å². The minimum Gasteiger partial charge on any atom is -0.395 e. The summed E-state index contributed by atoms with van der Waals surface area (Å²) in [5.41, 5.74) is -6.37. The maximum atomic E-state index is 14.4. The van der Waals surface area contributed by atoms with Crippen molar-refractivity contribution in [2.45, 2.75) is 266 Å². The van der Waals surface area contributed by atoms with Gasteiger partial charge in [0.05, 0.1) is 12.7 Å². The maximum absolute atomic E-state index is 14.4. The van der Waals surface area contributed by atoms with Crippen LogP contribution in [-0.4, -0.2) is 171 Å². The highest BCUT2D eigenvalue weighted by Crippen LogP contribution is 2.25. The number of carbonyl (C=O) groups excluding carboxylic acids is 10. The lowest BCUT2D eigenvalue weighted by atomic mass is 9.92. The first-order valence-corrected chi connectivity index (χ1v) is 30.2. The second-order valence-electron chi connectivity index (χ2n) is 25.8. The van der Waals surface area contributed by atoms with Gasteiger partial charge in [0.25, 0.3) is 0 Å². The second-order valence-corrected chi connectivity index (χ2v) is 25.8. The summed E-state index contributed by atoms with van der Waals surface area (Å²) in [7, 11) is 1.80. The van der Waals surface area contributed by atoms with E-state index in [1.54, 1.807) is 53.5 Å². The number of rotatable bonds is 38. The van der Waals surface area contributed by atoms with Crippen LogP contribution in [0.25, 0.3) is 0 Å². The fourth-order valence-corrected chi connectivity index (χ4v) is 9.76. The van der Waals surface area contributed by atoms with E-state index >= 15 is 0 Å². The first-order chi connectivity index (χ1) is 37.9. The van der Waals surface area contributed by atoms with Gasteiger partial charge in [-0.15, -0.1) is 0 Å². The Balaban J connectivity index is 3.29. The number of ketones is 1. The summed E-state index contributed by atoms with van der Waals surface area (Å²) in [4.78, 5) is 141. The van der Waals surface area contributed by atoms with Crippen LogP contribution in [-0.2, 0) is 47.9 Å². The minimum absolute atomic E-state index is 0.0195. The number of aliphatic hydroxyl groups is 2. The number of hydrogen-bond donors (Lipinski definition) is 10. The molecule has 1 rings (SSSR count). The summed E-state index contributed by atoms with van der Waals surface area (Å²) in [5, 5.41) is 42.1. The van der Waals surface area contributed by atoms with Gasteiger partial charge in [-0.2, -0.15) is 0 Å². The van der Waals surface area contributed by atoms with E-state index in [0.717, 1.165) is 32.1 Å². The third-order valence-electron chi connectivity index (χ3n) is 15.5. The molecule has 1 saturated heterocycles. The van der Waals surface area contributed by atoms with Crippen molar-refractivity contribution in [2.24, 2.45) is 23.7 Å². The van der Waals surface area contributed by atoms with Gasteiger partial charge in [0, 0.05) is 44.4 Å². The Morgan fingerprint density at radius 3 is 1.67 bits per heavy atom. The summed E-state index contributed by atoms with van der Waals surface area (Å²) in [6, 6.07) is -4.77. The first-order valence-electron chi connectivity index (χ1n) is 30.2. The van der Waals surface area contributed by atoms with E-state index in [4.69, 9.17) is 0 Å². The molecule has 0 saturated carbocycles. The van der Waals surface area contributed by atoms with Crippen molar-refractivity contribution in [1.82, 2.24) is 52.3 Å². The van der Waals surface area contributed by atoms with E-state index in [1.807, 2.05) is 18.7 Å². The van der Waals surface area contributed by atoms with Crippen molar-refractivity contribution in [3.8, 4) is 0 Å². The van der Waals surface area contributed by atoms with Gasteiger partial charge in [-0.1, -0.05) is 100 Å². The Kier molecular flexibility index (Phi) is 31.5. The predicted molar refractivity (Wildman–Crippen MR) is 317 cm³/mol. The number of nitrogens with zero attached hydrogens (tertiary/aromatic N) is 2. The van der Waals surface area contributed by atoms with Crippen molar-refractivity contribution in [1.29, 1.82) is 0 Å². The molecule has 0 spiro atoms. The monoisotopic (exact) mass is 1160 g/mol. The van der Waals surface area contributed by atoms with E-state index in [1.165, 1.54) is 61.8 Å². The Morgan fingerprint density at radius 1 is 0.622 bits per heavy atom. The molecule has 1 aliphatic heterocycles. The SMILES string of the molecule is CCCCCCCC[C@@H](C)C(=O)N1CCC[C@H]1C(=O)N[C@@H](C[C@@H](C)C[C@H](O)CC(=O)CC)C(=O)NC(C)(C)C(=O)NC(C)(C)C(=O)N[C@H](C(=O)N[C@H](C(=O)NC(C)(C)C(=O)NC(C)(C)C(=O)N[C@@H](C)CN(C)CCO)C(C)C)[C@@H](C)CC. The van der Waals surface area contributed by atoms with Crippen LogP contribution in [0.4, 0.5) is 0 Å². The topological polar surface area (TPSA) is 314 Å². The summed E-state index contributed by atoms with van der Waals surface area (Å²) in [6.07, 6.45) is 8.00. The molecule has 1 heterocycles. The van der Waals surface area contributed by atoms with Gasteiger partial charge in [0.2, 0.25) is 53.2 Å². The zero-order chi connectivity index (χ0) is 63.1. The van der Waals surface area contributed by atoms with E-state index in [9.17, 15) is 58.2 Å². The molecule has 0 aromatic carbocycles. The van der Waals surface area contributed by atoms with Gasteiger partial charge in [-0.25, -0.2) is 0 Å². The van der Waals surface area contributed by atoms with Gasteiger partial charge in [0.15, 0.2) is 0 Å². The number of amides is 9. The van der Waals surface area contributed by atoms with Crippen LogP contribution in [0, 0.1) is 23.7 Å². The van der Waals surface area contributed by atoms with Gasteiger partial charge < -0.3 is 62.5 Å². The van der Waals surface area contributed by atoms with E-state index in [0.29, 0.717) is 45.3 Å². The van der Waals surface area contributed by atoms with Crippen LogP contribution in [0.2, 0.25) is 0 Å². The van der Waals surface area contributed by atoms with Crippen molar-refractivity contribution >= 4 is 58.9 Å². The van der Waals surface area contributed by atoms with Crippen LogP contribution < -0.4 is 42.5 Å². The smallest absolute Gasteiger partial charge is 0.246 e. The summed E-state index contributed by atoms with van der Waals surface area (Å²) in [5.74, 6) is -7.26. The average molecular weight is 1160 g/mol. The zero-order valence-corrected chi connectivity index (χ0v) is 53.4. The fraction of sp³-hybridized carbons (Fsp3) is 0.833. The number of likely N-dealkylation sites (tertiary alicyclic amines) is 1. The Morgan fingerprint density at radius 2 is 1.15 bits per heavy atom. The molecule has 22 nitrogen and oxygen atoms in total. The molecule has 1 aliphatic rings. The number of unbranched alkanes of at least 4 members (excludes halogenated alkanes) is 5. The van der Waals surface area contributed by atoms with E-state index < -0.39 is 117 Å². The largest absolute Gasteiger partial charge is 0.395 e. The second kappa shape index (κ2) is 34.5. The average Bonchev–Trinajstić information content (AvgIpc) is 3.87. The lowest BCUT2D eigenvalue weighted by Crippen LogP contribution is -2.67. The number of Topliss-reactive ketones (excluding diaryl/α,β-unsaturated/α-hetero) is 1. The van der Waals surface area contributed by atoms with Crippen LogP contribution >= 0.6 is 0 Å². The predicted octanol–water partition coefficient (Wildman–Crippen LogP) is 3.68. The van der Waals surface area contributed by atoms with Gasteiger partial charge >= 0.3 is 0 Å². The number of likely N-dealkylation sites (N-methyl/N-ethyl adjacent to an activating group) is 1. The highest BCUT2D eigenvalue weighted by molar-refractivity contribution is 6.01. The highest BCUT2D eigenvalue weighted by Gasteiger charge is 2.44. The molecular formula is C60H110N10O12. The molecule has 9 atom stereocenters. The molecule has 0 bridgehead atoms. The third-order valence-corrected chi connectivity index (χ3v) is 15.5. The molecule has 0 aliphatic carbocycles. The Hall–Kier alpha value is -5.22.